The summed E-state index contributed by atoms with van der Waals surface area (Å²) in [6, 6.07) is 5.58. The molecule has 3 aromatic rings. The Morgan fingerprint density at radius 1 is 1.20 bits per heavy atom. The lowest BCUT2D eigenvalue weighted by Crippen LogP contribution is -1.79. The third-order valence-electron chi connectivity index (χ3n) is 2.23. The van der Waals surface area contributed by atoms with Gasteiger partial charge in [-0.2, -0.15) is 0 Å². The van der Waals surface area contributed by atoms with Crippen LogP contribution >= 0.6 is 11.6 Å². The van der Waals surface area contributed by atoms with Gasteiger partial charge in [-0.3, -0.25) is 0 Å². The first kappa shape index (κ1) is 8.56. The molecule has 0 aliphatic rings. The predicted octanol–water partition coefficient (Wildman–Crippen LogP) is 3.25. The van der Waals surface area contributed by atoms with Crippen LogP contribution in [0.15, 0.2) is 47.5 Å². The summed E-state index contributed by atoms with van der Waals surface area (Å²) < 4.78 is 6.91. The molecular weight excluding hydrogens is 212 g/mol. The summed E-state index contributed by atoms with van der Waals surface area (Å²) in [6.07, 6.45) is 7.05. The molecular formula is C11H7ClN2O. The highest BCUT2D eigenvalue weighted by atomic mass is 35.5. The first-order chi connectivity index (χ1) is 7.33. The molecule has 3 aromatic heterocycles. The molecule has 0 spiro atoms. The maximum absolute atomic E-state index is 5.89. The molecule has 4 heteroatoms. The second kappa shape index (κ2) is 3.14. The number of imidazole rings is 1. The molecule has 15 heavy (non-hydrogen) atoms. The van der Waals surface area contributed by atoms with Crippen molar-refractivity contribution in [2.45, 2.75) is 0 Å². The molecule has 0 atom stereocenters. The van der Waals surface area contributed by atoms with E-state index in [0.717, 1.165) is 16.9 Å². The maximum Gasteiger partial charge on any atom is 0.137 e. The Bertz CT molecular complexity index is 598. The summed E-state index contributed by atoms with van der Waals surface area (Å²) in [6.45, 7) is 0. The van der Waals surface area contributed by atoms with Crippen LogP contribution in [-0.2, 0) is 0 Å². The minimum atomic E-state index is 0.693. The van der Waals surface area contributed by atoms with Crippen LogP contribution in [0, 0.1) is 0 Å². The van der Waals surface area contributed by atoms with Crippen LogP contribution in [0.3, 0.4) is 0 Å². The molecule has 0 aliphatic heterocycles. The largest absolute Gasteiger partial charge is 0.472 e. The molecule has 3 nitrogen and oxygen atoms in total. The van der Waals surface area contributed by atoms with Crippen molar-refractivity contribution in [2.24, 2.45) is 0 Å². The third-order valence-corrected chi connectivity index (χ3v) is 2.46. The van der Waals surface area contributed by atoms with Gasteiger partial charge in [-0.15, -0.1) is 0 Å². The Balaban J connectivity index is 2.22. The van der Waals surface area contributed by atoms with Gasteiger partial charge in [0.2, 0.25) is 0 Å². The van der Waals surface area contributed by atoms with E-state index < -0.39 is 0 Å². The number of hydrogen-bond donors (Lipinski definition) is 0. The number of fused-ring (bicyclic) bond motifs is 1. The monoisotopic (exact) mass is 218 g/mol. The lowest BCUT2D eigenvalue weighted by molar-refractivity contribution is 0.568. The molecule has 0 radical (unpaired) electrons. The standard InChI is InChI=1S/C11H7ClN2O/c12-9-1-2-11-13-10(6-14(11)5-9)8-3-4-15-7-8/h1-7H. The van der Waals surface area contributed by atoms with Crippen LogP contribution in [0.2, 0.25) is 5.02 Å². The molecule has 0 aromatic carbocycles. The lowest BCUT2D eigenvalue weighted by Gasteiger charge is -1.91. The number of pyridine rings is 1. The molecule has 0 fully saturated rings. The molecule has 0 bridgehead atoms. The summed E-state index contributed by atoms with van der Waals surface area (Å²) in [4.78, 5) is 4.44. The van der Waals surface area contributed by atoms with Crippen LogP contribution in [0.1, 0.15) is 0 Å². The van der Waals surface area contributed by atoms with E-state index in [1.165, 1.54) is 0 Å². The van der Waals surface area contributed by atoms with Gasteiger partial charge in [0.25, 0.3) is 0 Å². The van der Waals surface area contributed by atoms with Gasteiger partial charge >= 0.3 is 0 Å². The number of aromatic nitrogens is 2. The highest BCUT2D eigenvalue weighted by Crippen LogP contribution is 2.20. The van der Waals surface area contributed by atoms with Gasteiger partial charge in [0, 0.05) is 18.0 Å². The van der Waals surface area contributed by atoms with E-state index >= 15 is 0 Å². The fraction of sp³-hybridized carbons (Fsp3) is 0. The number of nitrogens with zero attached hydrogens (tertiary/aromatic N) is 2. The van der Waals surface area contributed by atoms with Crippen LogP contribution in [0.25, 0.3) is 16.9 Å². The maximum atomic E-state index is 5.89. The molecule has 0 unspecified atom stereocenters. The zero-order valence-electron chi connectivity index (χ0n) is 7.72. The normalized spacial score (nSPS) is 11.0. The Morgan fingerprint density at radius 3 is 2.93 bits per heavy atom. The summed E-state index contributed by atoms with van der Waals surface area (Å²) in [5, 5.41) is 0.693. The second-order valence-corrected chi connectivity index (χ2v) is 3.69. The molecule has 0 N–H and O–H groups in total. The molecule has 3 heterocycles. The van der Waals surface area contributed by atoms with Gasteiger partial charge < -0.3 is 8.82 Å². The second-order valence-electron chi connectivity index (χ2n) is 3.25. The van der Waals surface area contributed by atoms with Crippen molar-refractivity contribution in [1.82, 2.24) is 9.38 Å². The van der Waals surface area contributed by atoms with Crippen molar-refractivity contribution in [3.05, 3.63) is 48.1 Å². The summed E-state index contributed by atoms with van der Waals surface area (Å²) in [7, 11) is 0. The SMILES string of the molecule is Clc1ccc2nc(-c3ccoc3)cn2c1. The van der Waals surface area contributed by atoms with E-state index in [1.54, 1.807) is 12.5 Å². The molecule has 0 aliphatic carbocycles. The van der Waals surface area contributed by atoms with Gasteiger partial charge in [0.15, 0.2) is 0 Å². The number of rotatable bonds is 1. The number of furan rings is 1. The minimum absolute atomic E-state index is 0.693. The minimum Gasteiger partial charge on any atom is -0.472 e. The molecule has 0 saturated carbocycles. The summed E-state index contributed by atoms with van der Waals surface area (Å²) in [5.74, 6) is 0. The fourth-order valence-electron chi connectivity index (χ4n) is 1.51. The van der Waals surface area contributed by atoms with Crippen molar-refractivity contribution < 1.29 is 4.42 Å². The fourth-order valence-corrected chi connectivity index (χ4v) is 1.68. The van der Waals surface area contributed by atoms with Gasteiger partial charge in [-0.05, 0) is 18.2 Å². The molecule has 0 amide bonds. The Kier molecular flexibility index (Phi) is 1.79. The van der Waals surface area contributed by atoms with Gasteiger partial charge in [-0.25, -0.2) is 4.98 Å². The number of hydrogen-bond acceptors (Lipinski definition) is 2. The quantitative estimate of drug-likeness (QED) is 0.628. The highest BCUT2D eigenvalue weighted by molar-refractivity contribution is 6.30. The van der Waals surface area contributed by atoms with E-state index in [9.17, 15) is 0 Å². The van der Waals surface area contributed by atoms with Gasteiger partial charge in [-0.1, -0.05) is 11.6 Å². The van der Waals surface area contributed by atoms with E-state index in [2.05, 4.69) is 4.98 Å². The third kappa shape index (κ3) is 1.41. The zero-order chi connectivity index (χ0) is 10.3. The van der Waals surface area contributed by atoms with E-state index in [0.29, 0.717) is 5.02 Å². The Morgan fingerprint density at radius 2 is 2.13 bits per heavy atom. The lowest BCUT2D eigenvalue weighted by atomic mass is 10.3. The summed E-state index contributed by atoms with van der Waals surface area (Å²) in [5.41, 5.74) is 2.72. The van der Waals surface area contributed by atoms with E-state index in [4.69, 9.17) is 16.0 Å². The van der Waals surface area contributed by atoms with Crippen LogP contribution in [0.5, 0.6) is 0 Å². The molecule has 3 rings (SSSR count). The van der Waals surface area contributed by atoms with Crippen molar-refractivity contribution in [1.29, 1.82) is 0 Å². The van der Waals surface area contributed by atoms with Crippen molar-refractivity contribution in [2.75, 3.05) is 0 Å². The first-order valence-electron chi connectivity index (χ1n) is 4.50. The van der Waals surface area contributed by atoms with Gasteiger partial charge in [0.1, 0.15) is 5.65 Å². The Hall–Kier alpha value is -1.74. The van der Waals surface area contributed by atoms with Gasteiger partial charge in [0.05, 0.1) is 23.2 Å². The van der Waals surface area contributed by atoms with Crippen molar-refractivity contribution in [3.63, 3.8) is 0 Å². The molecule has 0 saturated heterocycles. The van der Waals surface area contributed by atoms with E-state index in [1.807, 2.05) is 35.0 Å². The molecule has 74 valence electrons. The van der Waals surface area contributed by atoms with Crippen LogP contribution in [0.4, 0.5) is 0 Å². The highest BCUT2D eigenvalue weighted by Gasteiger charge is 2.04. The average Bonchev–Trinajstić information content (AvgIpc) is 2.84. The number of halogens is 1. The Labute approximate surface area is 90.9 Å². The topological polar surface area (TPSA) is 30.4 Å². The van der Waals surface area contributed by atoms with Crippen LogP contribution < -0.4 is 0 Å². The average molecular weight is 219 g/mol. The van der Waals surface area contributed by atoms with Crippen molar-refractivity contribution in [3.8, 4) is 11.3 Å². The van der Waals surface area contributed by atoms with Crippen LogP contribution in [-0.4, -0.2) is 9.38 Å². The predicted molar refractivity (Wildman–Crippen MR) is 57.9 cm³/mol. The summed E-state index contributed by atoms with van der Waals surface area (Å²) >= 11 is 5.89. The van der Waals surface area contributed by atoms with Crippen molar-refractivity contribution >= 4 is 17.2 Å². The zero-order valence-corrected chi connectivity index (χ0v) is 8.48. The smallest absolute Gasteiger partial charge is 0.137 e. The van der Waals surface area contributed by atoms with E-state index in [-0.39, 0.29) is 0 Å². The first-order valence-corrected chi connectivity index (χ1v) is 4.87.